The van der Waals surface area contributed by atoms with Crippen molar-refractivity contribution in [1.82, 2.24) is 0 Å². The Hall–Kier alpha value is -2.27. The van der Waals surface area contributed by atoms with Crippen molar-refractivity contribution in [3.05, 3.63) is 23.8 Å². The van der Waals surface area contributed by atoms with Crippen LogP contribution in [0, 0.1) is 11.3 Å². The van der Waals surface area contributed by atoms with E-state index >= 15 is 0 Å². The van der Waals surface area contributed by atoms with Gasteiger partial charge in [0.1, 0.15) is 13.2 Å². The van der Waals surface area contributed by atoms with Crippen LogP contribution in [0.2, 0.25) is 0 Å². The summed E-state index contributed by atoms with van der Waals surface area (Å²) in [5.74, 6) is -0.763. The van der Waals surface area contributed by atoms with Crippen LogP contribution >= 0.6 is 0 Å². The van der Waals surface area contributed by atoms with Gasteiger partial charge < -0.3 is 15.8 Å². The standard InChI is InChI=1S/C11H10F3N3O2/c12-11(13,14)6-19-5-10(18)17-9-2-1-7(4-15)3-8(9)16/h1-3H,5-6,16H2,(H,17,18). The molecule has 0 atom stereocenters. The normalized spacial score (nSPS) is 10.8. The highest BCUT2D eigenvalue weighted by molar-refractivity contribution is 5.94. The molecule has 19 heavy (non-hydrogen) atoms. The topological polar surface area (TPSA) is 88.1 Å². The number of nitrogens with two attached hydrogens (primary N) is 1. The lowest BCUT2D eigenvalue weighted by atomic mass is 10.2. The van der Waals surface area contributed by atoms with Crippen LogP contribution in [0.1, 0.15) is 5.56 Å². The summed E-state index contributed by atoms with van der Waals surface area (Å²) in [6, 6.07) is 6.00. The highest BCUT2D eigenvalue weighted by Gasteiger charge is 2.27. The Bertz CT molecular complexity index is 509. The quantitative estimate of drug-likeness (QED) is 0.816. The number of ether oxygens (including phenoxy) is 1. The van der Waals surface area contributed by atoms with Crippen LogP contribution in [0.4, 0.5) is 24.5 Å². The van der Waals surface area contributed by atoms with E-state index in [1.165, 1.54) is 18.2 Å². The largest absolute Gasteiger partial charge is 0.411 e. The monoisotopic (exact) mass is 273 g/mol. The third kappa shape index (κ3) is 5.27. The lowest BCUT2D eigenvalue weighted by molar-refractivity contribution is -0.174. The summed E-state index contributed by atoms with van der Waals surface area (Å²) in [6.45, 7) is -2.23. The number of carbonyl (C=O) groups excluding carboxylic acids is 1. The number of nitrogens with zero attached hydrogens (tertiary/aromatic N) is 1. The third-order valence-electron chi connectivity index (χ3n) is 1.95. The van der Waals surface area contributed by atoms with Crippen LogP contribution in [-0.2, 0) is 9.53 Å². The van der Waals surface area contributed by atoms with Crippen molar-refractivity contribution in [2.75, 3.05) is 24.3 Å². The molecule has 0 saturated heterocycles. The molecule has 0 radical (unpaired) electrons. The van der Waals surface area contributed by atoms with Gasteiger partial charge >= 0.3 is 6.18 Å². The molecule has 0 aliphatic heterocycles. The summed E-state index contributed by atoms with van der Waals surface area (Å²) in [6.07, 6.45) is -4.48. The molecule has 102 valence electrons. The first-order valence-corrected chi connectivity index (χ1v) is 5.06. The molecule has 8 heteroatoms. The fraction of sp³-hybridized carbons (Fsp3) is 0.273. The second kappa shape index (κ2) is 6.06. The second-order valence-corrected chi connectivity index (χ2v) is 3.57. The predicted octanol–water partition coefficient (Wildman–Crippen LogP) is 1.66. The number of amides is 1. The first kappa shape index (κ1) is 14.8. The average molecular weight is 273 g/mol. The minimum atomic E-state index is -4.48. The third-order valence-corrected chi connectivity index (χ3v) is 1.95. The molecule has 1 amide bonds. The number of rotatable bonds is 4. The van der Waals surface area contributed by atoms with Crippen molar-refractivity contribution in [2.24, 2.45) is 0 Å². The molecular formula is C11H10F3N3O2. The van der Waals surface area contributed by atoms with Crippen molar-refractivity contribution >= 4 is 17.3 Å². The van der Waals surface area contributed by atoms with Gasteiger partial charge in [-0.25, -0.2) is 0 Å². The summed E-state index contributed by atoms with van der Waals surface area (Å²) in [5, 5.41) is 10.9. The van der Waals surface area contributed by atoms with E-state index in [1.54, 1.807) is 0 Å². The zero-order valence-corrected chi connectivity index (χ0v) is 9.62. The van der Waals surface area contributed by atoms with Crippen LogP contribution in [0.25, 0.3) is 0 Å². The molecule has 0 bridgehead atoms. The van der Waals surface area contributed by atoms with Crippen LogP contribution in [0.5, 0.6) is 0 Å². The van der Waals surface area contributed by atoms with Gasteiger partial charge in [-0.1, -0.05) is 0 Å². The van der Waals surface area contributed by atoms with E-state index in [9.17, 15) is 18.0 Å². The van der Waals surface area contributed by atoms with Crippen LogP contribution in [0.15, 0.2) is 18.2 Å². The Labute approximate surface area is 106 Å². The predicted molar refractivity (Wildman–Crippen MR) is 61.1 cm³/mol. The van der Waals surface area contributed by atoms with Gasteiger partial charge in [0, 0.05) is 0 Å². The van der Waals surface area contributed by atoms with Gasteiger partial charge in [-0.05, 0) is 18.2 Å². The SMILES string of the molecule is N#Cc1ccc(NC(=O)COCC(F)(F)F)c(N)c1. The van der Waals surface area contributed by atoms with Gasteiger partial charge in [0.05, 0.1) is 23.0 Å². The van der Waals surface area contributed by atoms with E-state index in [0.29, 0.717) is 5.56 Å². The number of nitriles is 1. The summed E-state index contributed by atoms with van der Waals surface area (Å²) in [7, 11) is 0. The molecule has 0 aliphatic carbocycles. The number of hydrogen-bond donors (Lipinski definition) is 2. The molecule has 0 unspecified atom stereocenters. The number of nitrogens with one attached hydrogen (secondary N) is 1. The maximum atomic E-state index is 11.8. The Morgan fingerprint density at radius 2 is 2.16 bits per heavy atom. The summed E-state index contributed by atoms with van der Waals surface area (Å²) in [5.41, 5.74) is 6.22. The Balaban J connectivity index is 2.51. The smallest absolute Gasteiger partial charge is 0.397 e. The maximum Gasteiger partial charge on any atom is 0.411 e. The summed E-state index contributed by atoms with van der Waals surface area (Å²) >= 11 is 0. The molecule has 5 nitrogen and oxygen atoms in total. The molecule has 0 aromatic heterocycles. The highest BCUT2D eigenvalue weighted by atomic mass is 19.4. The molecule has 0 fully saturated rings. The molecule has 0 aliphatic rings. The molecule has 1 aromatic rings. The van der Waals surface area contributed by atoms with Gasteiger partial charge in [0.15, 0.2) is 0 Å². The number of benzene rings is 1. The fourth-order valence-electron chi connectivity index (χ4n) is 1.19. The number of carbonyl (C=O) groups is 1. The zero-order chi connectivity index (χ0) is 14.5. The van der Waals surface area contributed by atoms with Crippen LogP contribution in [0.3, 0.4) is 0 Å². The Kier molecular flexibility index (Phi) is 4.72. The molecule has 3 N–H and O–H groups in total. The van der Waals surface area contributed by atoms with E-state index in [0.717, 1.165) is 0 Å². The number of alkyl halides is 3. The van der Waals surface area contributed by atoms with Gasteiger partial charge in [0.2, 0.25) is 5.91 Å². The molecule has 0 spiro atoms. The van der Waals surface area contributed by atoms with Crippen molar-refractivity contribution in [2.45, 2.75) is 6.18 Å². The first-order chi connectivity index (χ1) is 8.81. The molecular weight excluding hydrogens is 263 g/mol. The second-order valence-electron chi connectivity index (χ2n) is 3.57. The highest BCUT2D eigenvalue weighted by Crippen LogP contribution is 2.19. The van der Waals surface area contributed by atoms with E-state index in [2.05, 4.69) is 10.1 Å². The van der Waals surface area contributed by atoms with E-state index in [1.807, 2.05) is 6.07 Å². The maximum absolute atomic E-state index is 11.8. The van der Waals surface area contributed by atoms with Crippen LogP contribution in [-0.4, -0.2) is 25.3 Å². The lowest BCUT2D eigenvalue weighted by Crippen LogP contribution is -2.24. The number of anilines is 2. The van der Waals surface area contributed by atoms with Crippen molar-refractivity contribution in [1.29, 1.82) is 5.26 Å². The Morgan fingerprint density at radius 1 is 1.47 bits per heavy atom. The first-order valence-electron chi connectivity index (χ1n) is 5.06. The van der Waals surface area contributed by atoms with Crippen LogP contribution < -0.4 is 11.1 Å². The van der Waals surface area contributed by atoms with Crippen molar-refractivity contribution < 1.29 is 22.7 Å². The summed E-state index contributed by atoms with van der Waals surface area (Å²) < 4.78 is 39.5. The molecule has 0 saturated carbocycles. The van der Waals surface area contributed by atoms with Gasteiger partial charge in [-0.15, -0.1) is 0 Å². The van der Waals surface area contributed by atoms with Crippen molar-refractivity contribution in [3.63, 3.8) is 0 Å². The van der Waals surface area contributed by atoms with Gasteiger partial charge in [-0.3, -0.25) is 4.79 Å². The summed E-state index contributed by atoms with van der Waals surface area (Å²) in [4.78, 5) is 11.3. The molecule has 1 aromatic carbocycles. The van der Waals surface area contributed by atoms with E-state index in [4.69, 9.17) is 11.0 Å². The van der Waals surface area contributed by atoms with Crippen molar-refractivity contribution in [3.8, 4) is 6.07 Å². The van der Waals surface area contributed by atoms with Gasteiger partial charge in [-0.2, -0.15) is 18.4 Å². The lowest BCUT2D eigenvalue weighted by Gasteiger charge is -2.10. The van der Waals surface area contributed by atoms with E-state index < -0.39 is 25.3 Å². The molecule has 1 rings (SSSR count). The number of nitrogen functional groups attached to an aromatic ring is 1. The van der Waals surface area contributed by atoms with E-state index in [-0.39, 0.29) is 11.4 Å². The number of halogens is 3. The Morgan fingerprint density at radius 3 is 2.68 bits per heavy atom. The molecule has 0 heterocycles. The fourth-order valence-corrected chi connectivity index (χ4v) is 1.19. The average Bonchev–Trinajstić information content (AvgIpc) is 2.30. The minimum Gasteiger partial charge on any atom is -0.397 e. The zero-order valence-electron chi connectivity index (χ0n) is 9.62. The van der Waals surface area contributed by atoms with Gasteiger partial charge in [0.25, 0.3) is 0 Å². The number of hydrogen-bond acceptors (Lipinski definition) is 4. The minimum absolute atomic E-state index is 0.142.